The fraction of sp³-hybridized carbons (Fsp3) is 0.471. The SMILES string of the molecule is O=C(CCc1ccc(S(=O)(=O)N2CCOCC2)cc1)NCCSc1ncn[nH]1. The van der Waals surface area contributed by atoms with E-state index in [0.29, 0.717) is 51.4 Å². The van der Waals surface area contributed by atoms with Crippen LogP contribution in [0.3, 0.4) is 0 Å². The van der Waals surface area contributed by atoms with Crippen LogP contribution in [-0.4, -0.2) is 72.4 Å². The largest absolute Gasteiger partial charge is 0.379 e. The summed E-state index contributed by atoms with van der Waals surface area (Å²) < 4.78 is 31.8. The molecule has 2 heterocycles. The van der Waals surface area contributed by atoms with E-state index in [0.717, 1.165) is 10.7 Å². The molecular formula is C17H23N5O4S2. The van der Waals surface area contributed by atoms with E-state index in [1.807, 2.05) is 0 Å². The summed E-state index contributed by atoms with van der Waals surface area (Å²) in [6, 6.07) is 6.73. The van der Waals surface area contributed by atoms with Crippen LogP contribution in [0.2, 0.25) is 0 Å². The zero-order valence-corrected chi connectivity index (χ0v) is 17.0. The van der Waals surface area contributed by atoms with Gasteiger partial charge in [-0.05, 0) is 24.1 Å². The Morgan fingerprint density at radius 2 is 2.00 bits per heavy atom. The molecule has 9 nitrogen and oxygen atoms in total. The van der Waals surface area contributed by atoms with Gasteiger partial charge in [0.15, 0.2) is 5.16 Å². The van der Waals surface area contributed by atoms with E-state index < -0.39 is 10.0 Å². The van der Waals surface area contributed by atoms with Crippen molar-refractivity contribution >= 4 is 27.7 Å². The highest BCUT2D eigenvalue weighted by Crippen LogP contribution is 2.18. The van der Waals surface area contributed by atoms with Gasteiger partial charge in [0, 0.05) is 31.8 Å². The van der Waals surface area contributed by atoms with E-state index in [4.69, 9.17) is 4.74 Å². The molecule has 1 fully saturated rings. The van der Waals surface area contributed by atoms with Gasteiger partial charge in [-0.2, -0.15) is 9.40 Å². The normalized spacial score (nSPS) is 15.4. The number of nitrogens with one attached hydrogen (secondary N) is 2. The Hall–Kier alpha value is -1.95. The number of thioether (sulfide) groups is 1. The van der Waals surface area contributed by atoms with Crippen LogP contribution in [0.1, 0.15) is 12.0 Å². The van der Waals surface area contributed by atoms with E-state index >= 15 is 0 Å². The number of H-pyrrole nitrogens is 1. The highest BCUT2D eigenvalue weighted by atomic mass is 32.2. The van der Waals surface area contributed by atoms with Crippen molar-refractivity contribution in [3.8, 4) is 0 Å². The molecule has 1 aliphatic heterocycles. The number of benzene rings is 1. The Bertz CT molecular complexity index is 850. The van der Waals surface area contributed by atoms with Crippen molar-refractivity contribution in [3.05, 3.63) is 36.2 Å². The third-order valence-electron chi connectivity index (χ3n) is 4.23. The number of carbonyl (C=O) groups excluding carboxylic acids is 1. The molecule has 0 saturated carbocycles. The van der Waals surface area contributed by atoms with Crippen LogP contribution >= 0.6 is 11.8 Å². The third kappa shape index (κ3) is 5.77. The summed E-state index contributed by atoms with van der Waals surface area (Å²) in [5, 5.41) is 10.1. The second kappa shape index (κ2) is 10.0. The molecule has 28 heavy (non-hydrogen) atoms. The Kier molecular flexibility index (Phi) is 7.43. The molecule has 11 heteroatoms. The highest BCUT2D eigenvalue weighted by Gasteiger charge is 2.26. The first-order chi connectivity index (χ1) is 13.6. The summed E-state index contributed by atoms with van der Waals surface area (Å²) >= 11 is 1.49. The van der Waals surface area contributed by atoms with Gasteiger partial charge in [-0.25, -0.2) is 13.4 Å². The topological polar surface area (TPSA) is 117 Å². The third-order valence-corrected chi connectivity index (χ3v) is 7.02. The van der Waals surface area contributed by atoms with Gasteiger partial charge in [0.05, 0.1) is 18.1 Å². The van der Waals surface area contributed by atoms with Gasteiger partial charge in [-0.15, -0.1) is 0 Å². The minimum absolute atomic E-state index is 0.0387. The van der Waals surface area contributed by atoms with Crippen LogP contribution < -0.4 is 5.32 Å². The smallest absolute Gasteiger partial charge is 0.243 e. The number of sulfonamides is 1. The van der Waals surface area contributed by atoms with Gasteiger partial charge in [0.25, 0.3) is 0 Å². The van der Waals surface area contributed by atoms with Crippen LogP contribution in [-0.2, 0) is 26.0 Å². The first-order valence-electron chi connectivity index (χ1n) is 8.97. The number of carbonyl (C=O) groups is 1. The lowest BCUT2D eigenvalue weighted by atomic mass is 10.1. The van der Waals surface area contributed by atoms with Crippen LogP contribution in [0.4, 0.5) is 0 Å². The minimum atomic E-state index is -3.48. The van der Waals surface area contributed by atoms with Gasteiger partial charge in [-0.3, -0.25) is 9.89 Å². The molecule has 152 valence electrons. The lowest BCUT2D eigenvalue weighted by Crippen LogP contribution is -2.40. The number of rotatable bonds is 9. The second-order valence-electron chi connectivity index (χ2n) is 6.15. The summed E-state index contributed by atoms with van der Waals surface area (Å²) in [6.07, 6.45) is 2.35. The summed E-state index contributed by atoms with van der Waals surface area (Å²) in [7, 11) is -3.48. The Morgan fingerprint density at radius 1 is 1.25 bits per heavy atom. The van der Waals surface area contributed by atoms with Crippen LogP contribution in [0, 0.1) is 0 Å². The average molecular weight is 426 g/mol. The zero-order chi connectivity index (χ0) is 19.8. The number of aromatic amines is 1. The summed E-state index contributed by atoms with van der Waals surface area (Å²) in [6.45, 7) is 2.13. The molecule has 0 bridgehead atoms. The van der Waals surface area contributed by atoms with E-state index in [1.54, 1.807) is 24.3 Å². The molecule has 1 aromatic carbocycles. The molecule has 0 spiro atoms. The molecule has 3 rings (SSSR count). The molecule has 1 amide bonds. The van der Waals surface area contributed by atoms with Crippen LogP contribution in [0.25, 0.3) is 0 Å². The quantitative estimate of drug-likeness (QED) is 0.448. The highest BCUT2D eigenvalue weighted by molar-refractivity contribution is 7.99. The maximum atomic E-state index is 12.6. The molecule has 1 aliphatic rings. The average Bonchev–Trinajstić information content (AvgIpc) is 3.24. The summed E-state index contributed by atoms with van der Waals surface area (Å²) in [4.78, 5) is 16.2. The Morgan fingerprint density at radius 3 is 2.68 bits per heavy atom. The number of aryl methyl sites for hydroxylation is 1. The molecule has 1 saturated heterocycles. The molecular weight excluding hydrogens is 402 g/mol. The fourth-order valence-electron chi connectivity index (χ4n) is 2.71. The van der Waals surface area contributed by atoms with Gasteiger partial charge >= 0.3 is 0 Å². The lowest BCUT2D eigenvalue weighted by Gasteiger charge is -2.26. The van der Waals surface area contributed by atoms with Crippen molar-refractivity contribution in [2.75, 3.05) is 38.6 Å². The second-order valence-corrected chi connectivity index (χ2v) is 9.17. The maximum absolute atomic E-state index is 12.6. The van der Waals surface area contributed by atoms with E-state index in [1.165, 1.54) is 22.4 Å². The maximum Gasteiger partial charge on any atom is 0.243 e. The Balaban J connectivity index is 1.41. The molecule has 2 N–H and O–H groups in total. The van der Waals surface area contributed by atoms with Gasteiger partial charge in [0.1, 0.15) is 6.33 Å². The molecule has 1 aromatic heterocycles. The molecule has 0 aliphatic carbocycles. The van der Waals surface area contributed by atoms with Crippen molar-refractivity contribution in [3.63, 3.8) is 0 Å². The van der Waals surface area contributed by atoms with Crippen LogP contribution in [0.15, 0.2) is 40.6 Å². The van der Waals surface area contributed by atoms with E-state index in [9.17, 15) is 13.2 Å². The first-order valence-corrected chi connectivity index (χ1v) is 11.4. The first kappa shape index (κ1) is 20.8. The minimum Gasteiger partial charge on any atom is -0.379 e. The molecule has 2 aromatic rings. The monoisotopic (exact) mass is 425 g/mol. The van der Waals surface area contributed by atoms with Gasteiger partial charge in [0.2, 0.25) is 15.9 Å². The van der Waals surface area contributed by atoms with Crippen LogP contribution in [0.5, 0.6) is 0 Å². The summed E-state index contributed by atoms with van der Waals surface area (Å²) in [5.41, 5.74) is 0.923. The summed E-state index contributed by atoms with van der Waals surface area (Å²) in [5.74, 6) is 0.665. The van der Waals surface area contributed by atoms with Gasteiger partial charge in [-0.1, -0.05) is 23.9 Å². The standard InChI is InChI=1S/C17H23N5O4S2/c23-16(18-7-12-27-17-19-13-20-21-17)6-3-14-1-4-15(5-2-14)28(24,25)22-8-10-26-11-9-22/h1-2,4-5,13H,3,6-12H2,(H,18,23)(H,19,20,21). The number of morpholine rings is 1. The van der Waals surface area contributed by atoms with Crippen molar-refractivity contribution < 1.29 is 17.9 Å². The number of amides is 1. The predicted molar refractivity (Wildman–Crippen MR) is 104 cm³/mol. The van der Waals surface area contributed by atoms with Gasteiger partial charge < -0.3 is 10.1 Å². The lowest BCUT2D eigenvalue weighted by molar-refractivity contribution is -0.120. The van der Waals surface area contributed by atoms with Crippen molar-refractivity contribution in [1.29, 1.82) is 0 Å². The fourth-order valence-corrected chi connectivity index (χ4v) is 4.76. The molecule has 0 atom stereocenters. The number of aromatic nitrogens is 3. The molecule has 0 unspecified atom stereocenters. The van der Waals surface area contributed by atoms with Crippen molar-refractivity contribution in [2.24, 2.45) is 0 Å². The number of nitrogens with zero attached hydrogens (tertiary/aromatic N) is 3. The zero-order valence-electron chi connectivity index (χ0n) is 15.3. The number of ether oxygens (including phenoxy) is 1. The number of hydrogen-bond donors (Lipinski definition) is 2. The van der Waals surface area contributed by atoms with Crippen molar-refractivity contribution in [1.82, 2.24) is 24.8 Å². The molecule has 0 radical (unpaired) electrons. The van der Waals surface area contributed by atoms with E-state index in [-0.39, 0.29) is 10.8 Å². The van der Waals surface area contributed by atoms with E-state index in [2.05, 4.69) is 20.5 Å². The number of hydrogen-bond acceptors (Lipinski definition) is 7. The Labute approximate surface area is 168 Å². The van der Waals surface area contributed by atoms with Crippen molar-refractivity contribution in [2.45, 2.75) is 22.9 Å². The predicted octanol–water partition coefficient (Wildman–Crippen LogP) is 0.667.